The van der Waals surface area contributed by atoms with Crippen molar-refractivity contribution in [3.63, 3.8) is 0 Å². The average molecular weight is 757 g/mol. The van der Waals surface area contributed by atoms with Crippen molar-refractivity contribution >= 4 is 57.2 Å². The molecule has 3 heteroatoms. The van der Waals surface area contributed by atoms with Gasteiger partial charge in [-0.3, -0.25) is 0 Å². The first-order chi connectivity index (χ1) is 29.3. The van der Waals surface area contributed by atoms with Crippen LogP contribution in [-0.4, -0.2) is 6.71 Å². The maximum absolute atomic E-state index is 2.69. The van der Waals surface area contributed by atoms with E-state index in [0.717, 1.165) is 23.7 Å². The first-order valence-corrected chi connectivity index (χ1v) is 22.7. The number of anilines is 6. The number of hydrogen-bond donors (Lipinski definition) is 0. The van der Waals surface area contributed by atoms with E-state index in [1.165, 1.54) is 124 Å². The van der Waals surface area contributed by atoms with E-state index in [1.807, 2.05) is 0 Å². The molecule has 0 unspecified atom stereocenters. The van der Waals surface area contributed by atoms with Gasteiger partial charge in [-0.1, -0.05) is 103 Å². The summed E-state index contributed by atoms with van der Waals surface area (Å²) in [5, 5.41) is 0. The minimum absolute atomic E-state index is 0.105. The second-order valence-corrected chi connectivity index (χ2v) is 19.3. The third-order valence-corrected chi connectivity index (χ3v) is 17.6. The van der Waals surface area contributed by atoms with E-state index in [0.29, 0.717) is 0 Å². The fourth-order valence-electron chi connectivity index (χ4n) is 15.9. The molecule has 2 heterocycles. The summed E-state index contributed by atoms with van der Waals surface area (Å²) in [6.07, 6.45) is 10.9. The molecular formula is C56H45BN2. The van der Waals surface area contributed by atoms with Gasteiger partial charge in [-0.05, 0) is 184 Å². The van der Waals surface area contributed by atoms with Crippen molar-refractivity contribution in [2.45, 2.75) is 62.2 Å². The second kappa shape index (κ2) is 11.1. The molecule has 0 aromatic heterocycles. The highest BCUT2D eigenvalue weighted by atomic mass is 15.2. The lowest BCUT2D eigenvalue weighted by Crippen LogP contribution is -2.62. The van der Waals surface area contributed by atoms with Gasteiger partial charge < -0.3 is 9.80 Å². The number of rotatable bonds is 2. The van der Waals surface area contributed by atoms with Gasteiger partial charge in [0.1, 0.15) is 0 Å². The third-order valence-electron chi connectivity index (χ3n) is 17.6. The molecule has 4 bridgehead atoms. The molecule has 282 valence electrons. The summed E-state index contributed by atoms with van der Waals surface area (Å²) in [5.74, 6) is 2.95. The maximum atomic E-state index is 2.69. The Morgan fingerprint density at radius 1 is 0.373 bits per heavy atom. The molecule has 7 aromatic rings. The van der Waals surface area contributed by atoms with Crippen LogP contribution in [0.15, 0.2) is 152 Å². The van der Waals surface area contributed by atoms with Crippen LogP contribution >= 0.6 is 0 Å². The van der Waals surface area contributed by atoms with Crippen molar-refractivity contribution in [3.05, 3.63) is 174 Å². The Bertz CT molecular complexity index is 2940. The number of benzene rings is 7. The number of hydrogen-bond acceptors (Lipinski definition) is 2. The van der Waals surface area contributed by atoms with Crippen LogP contribution in [0.5, 0.6) is 0 Å². The van der Waals surface area contributed by atoms with Crippen LogP contribution in [0.2, 0.25) is 0 Å². The molecule has 4 fully saturated rings. The van der Waals surface area contributed by atoms with Crippen LogP contribution in [-0.2, 0) is 10.8 Å². The lowest BCUT2D eigenvalue weighted by Gasteiger charge is -2.45. The lowest BCUT2D eigenvalue weighted by molar-refractivity contribution is 0.400. The van der Waals surface area contributed by atoms with Crippen molar-refractivity contribution in [2.24, 2.45) is 23.7 Å². The van der Waals surface area contributed by atoms with Crippen molar-refractivity contribution in [2.75, 3.05) is 9.80 Å². The molecule has 4 saturated carbocycles. The fourth-order valence-corrected chi connectivity index (χ4v) is 15.9. The Balaban J connectivity index is 1.04. The molecule has 0 N–H and O–H groups in total. The molecule has 0 radical (unpaired) electrons. The Labute approximate surface area is 347 Å². The van der Waals surface area contributed by atoms with Crippen LogP contribution in [0.4, 0.5) is 34.1 Å². The Morgan fingerprint density at radius 3 is 1.59 bits per heavy atom. The first kappa shape index (κ1) is 32.1. The van der Waals surface area contributed by atoms with Crippen LogP contribution in [0.25, 0.3) is 22.3 Å². The molecule has 0 saturated heterocycles. The largest absolute Gasteiger partial charge is 0.311 e. The van der Waals surface area contributed by atoms with Gasteiger partial charge >= 0.3 is 0 Å². The minimum atomic E-state index is 0.105. The first-order valence-electron chi connectivity index (χ1n) is 22.7. The second-order valence-electron chi connectivity index (χ2n) is 19.3. The lowest BCUT2D eigenvalue weighted by atomic mass is 9.32. The normalized spacial score (nSPS) is 27.5. The van der Waals surface area contributed by atoms with Crippen LogP contribution in [0.3, 0.4) is 0 Å². The molecule has 0 atom stereocenters. The maximum Gasteiger partial charge on any atom is 0.252 e. The van der Waals surface area contributed by atoms with Gasteiger partial charge in [0.05, 0.1) is 0 Å². The zero-order chi connectivity index (χ0) is 38.2. The molecule has 7 aromatic carbocycles. The predicted molar refractivity (Wildman–Crippen MR) is 244 cm³/mol. The SMILES string of the molecule is c1ccc(N2c3ccccc3B3c4c2cccc4N(c2ccc4c(c2)-c2ccccc2C42C4CCC2CC4)c2ccc4c(c23)-c2ccccc2C42C3CCC2CC3)cc1. The fraction of sp³-hybridized carbons (Fsp3) is 0.250. The van der Waals surface area contributed by atoms with Crippen molar-refractivity contribution in [1.82, 2.24) is 0 Å². The van der Waals surface area contributed by atoms with Crippen LogP contribution in [0.1, 0.15) is 73.6 Å². The molecule has 8 aliphatic rings. The molecular weight excluding hydrogens is 711 g/mol. The third kappa shape index (κ3) is 3.60. The van der Waals surface area contributed by atoms with E-state index in [2.05, 4.69) is 161 Å². The quantitative estimate of drug-likeness (QED) is 0.162. The van der Waals surface area contributed by atoms with E-state index in [9.17, 15) is 0 Å². The van der Waals surface area contributed by atoms with E-state index < -0.39 is 0 Å². The van der Waals surface area contributed by atoms with Gasteiger partial charge in [0.15, 0.2) is 0 Å². The van der Waals surface area contributed by atoms with Gasteiger partial charge in [0, 0.05) is 45.0 Å². The number of nitrogens with zero attached hydrogens (tertiary/aromatic N) is 2. The number of fused-ring (bicyclic) bond motifs is 11. The van der Waals surface area contributed by atoms with Crippen molar-refractivity contribution < 1.29 is 0 Å². The van der Waals surface area contributed by atoms with Crippen LogP contribution < -0.4 is 26.2 Å². The zero-order valence-corrected chi connectivity index (χ0v) is 33.4. The van der Waals surface area contributed by atoms with E-state index in [1.54, 1.807) is 22.3 Å². The summed E-state index contributed by atoms with van der Waals surface area (Å²) >= 11 is 0. The highest BCUT2D eigenvalue weighted by molar-refractivity contribution is 7.01. The molecule has 2 spiro atoms. The molecule has 0 amide bonds. The smallest absolute Gasteiger partial charge is 0.252 e. The van der Waals surface area contributed by atoms with Gasteiger partial charge in [0.2, 0.25) is 0 Å². The monoisotopic (exact) mass is 756 g/mol. The van der Waals surface area contributed by atoms with E-state index in [-0.39, 0.29) is 17.5 Å². The average Bonchev–Trinajstić information content (AvgIpc) is 4.15. The minimum Gasteiger partial charge on any atom is -0.311 e. The van der Waals surface area contributed by atoms with Crippen LogP contribution in [0, 0.1) is 23.7 Å². The van der Waals surface area contributed by atoms with Gasteiger partial charge in [-0.2, -0.15) is 0 Å². The Hall–Kier alpha value is -5.80. The van der Waals surface area contributed by atoms with Gasteiger partial charge in [-0.25, -0.2) is 0 Å². The van der Waals surface area contributed by atoms with E-state index >= 15 is 0 Å². The summed E-state index contributed by atoms with van der Waals surface area (Å²) < 4.78 is 0. The predicted octanol–water partition coefficient (Wildman–Crippen LogP) is 11.9. The zero-order valence-electron chi connectivity index (χ0n) is 33.4. The summed E-state index contributed by atoms with van der Waals surface area (Å²) in [4.78, 5) is 5.23. The highest BCUT2D eigenvalue weighted by Crippen LogP contribution is 2.69. The summed E-state index contributed by atoms with van der Waals surface area (Å²) in [5.41, 5.74) is 24.8. The Kier molecular flexibility index (Phi) is 6.02. The van der Waals surface area contributed by atoms with Gasteiger partial charge in [-0.15, -0.1) is 0 Å². The van der Waals surface area contributed by atoms with Crippen molar-refractivity contribution in [3.8, 4) is 22.3 Å². The summed E-state index contributed by atoms with van der Waals surface area (Å²) in [7, 11) is 0. The highest BCUT2D eigenvalue weighted by Gasteiger charge is 2.62. The molecule has 6 aliphatic carbocycles. The summed E-state index contributed by atoms with van der Waals surface area (Å²) in [6.45, 7) is 0.105. The van der Waals surface area contributed by atoms with Crippen molar-refractivity contribution in [1.29, 1.82) is 0 Å². The standard InChI is InChI=1S/C56H45BN2/c1-2-11-38(12-3-1)58-48-18-9-8-17-47(48)57-53-49(58)19-10-20-50(53)59(39-29-30-45-42(33-39)40-13-4-6-15-43(40)55(45)34-21-22-35(55)24-23-34)51-32-31-46-52(54(51)57)41-14-5-7-16-44(41)56(46)36-25-26-37(56)28-27-36/h1-20,29-37H,21-28H2. The van der Waals surface area contributed by atoms with E-state index in [4.69, 9.17) is 0 Å². The molecule has 59 heavy (non-hydrogen) atoms. The molecule has 15 rings (SSSR count). The number of para-hydroxylation sites is 2. The Morgan fingerprint density at radius 2 is 0.881 bits per heavy atom. The molecule has 2 aliphatic heterocycles. The topological polar surface area (TPSA) is 6.48 Å². The van der Waals surface area contributed by atoms with Gasteiger partial charge in [0.25, 0.3) is 6.71 Å². The molecule has 2 nitrogen and oxygen atoms in total. The summed E-state index contributed by atoms with van der Waals surface area (Å²) in [6, 6.07) is 59.6.